The molecule has 0 aliphatic carbocycles. The molecular weight excluding hydrogens is 462 g/mol. The maximum Gasteiger partial charge on any atom is 0.251 e. The molecule has 0 fully saturated rings. The van der Waals surface area contributed by atoms with E-state index in [-0.39, 0.29) is 25.4 Å². The highest BCUT2D eigenvalue weighted by atomic mass is 35.5. The third-order valence-corrected chi connectivity index (χ3v) is 5.66. The molecule has 0 aliphatic rings. The lowest BCUT2D eigenvalue weighted by Gasteiger charge is -2.09. The van der Waals surface area contributed by atoms with Gasteiger partial charge in [0, 0.05) is 66.6 Å². The molecule has 2 heterocycles. The van der Waals surface area contributed by atoms with Crippen molar-refractivity contribution in [2.45, 2.75) is 26.4 Å². The highest BCUT2D eigenvalue weighted by molar-refractivity contribution is 6.35. The van der Waals surface area contributed by atoms with E-state index in [1.54, 1.807) is 30.5 Å². The molecule has 6 nitrogen and oxygen atoms in total. The van der Waals surface area contributed by atoms with Gasteiger partial charge in [0.1, 0.15) is 11.6 Å². The van der Waals surface area contributed by atoms with Crippen LogP contribution in [0.25, 0.3) is 10.9 Å². The smallest absolute Gasteiger partial charge is 0.251 e. The Morgan fingerprint density at radius 3 is 2.56 bits per heavy atom. The van der Waals surface area contributed by atoms with Gasteiger partial charge in [0.15, 0.2) is 0 Å². The second-order valence-electron chi connectivity index (χ2n) is 7.86. The number of rotatable bonds is 7. The van der Waals surface area contributed by atoms with E-state index in [2.05, 4.69) is 20.6 Å². The lowest BCUT2D eigenvalue weighted by atomic mass is 10.0. The zero-order chi connectivity index (χ0) is 24.2. The normalized spacial score (nSPS) is 10.9. The maximum absolute atomic E-state index is 14.5. The molecule has 2 aromatic carbocycles. The summed E-state index contributed by atoms with van der Waals surface area (Å²) >= 11 is 6.10. The maximum atomic E-state index is 14.5. The van der Waals surface area contributed by atoms with Crippen LogP contribution in [0.1, 0.15) is 39.7 Å². The number of nitrogens with zero attached hydrogens (tertiary/aromatic N) is 1. The van der Waals surface area contributed by atoms with Gasteiger partial charge in [-0.1, -0.05) is 23.7 Å². The molecule has 4 rings (SSSR count). The SMILES string of the molecule is CC(=O)NCc1ccc(Cc2cc(C(=O)NCc3cc4c(Cl)c[nH]c4cc3F)ccn2)c(F)c1. The minimum absolute atomic E-state index is 0.0237. The molecular formula is C25H21ClF2N4O2. The molecule has 0 bridgehead atoms. The fourth-order valence-corrected chi connectivity index (χ4v) is 3.76. The largest absolute Gasteiger partial charge is 0.360 e. The van der Waals surface area contributed by atoms with Gasteiger partial charge in [0.2, 0.25) is 5.91 Å². The third-order valence-electron chi connectivity index (χ3n) is 5.35. The molecule has 0 aliphatic heterocycles. The zero-order valence-electron chi connectivity index (χ0n) is 18.2. The van der Waals surface area contributed by atoms with E-state index >= 15 is 0 Å². The van der Waals surface area contributed by atoms with Crippen molar-refractivity contribution in [3.05, 3.63) is 99.5 Å². The number of halogens is 3. The number of benzene rings is 2. The number of aromatic nitrogens is 2. The third kappa shape index (κ3) is 5.40. The summed E-state index contributed by atoms with van der Waals surface area (Å²) in [5, 5.41) is 6.46. The van der Waals surface area contributed by atoms with E-state index < -0.39 is 17.5 Å². The molecule has 0 radical (unpaired) electrons. The summed E-state index contributed by atoms with van der Waals surface area (Å²) in [6.07, 6.45) is 3.23. The van der Waals surface area contributed by atoms with Crippen molar-refractivity contribution >= 4 is 34.3 Å². The summed E-state index contributed by atoms with van der Waals surface area (Å²) < 4.78 is 28.9. The van der Waals surface area contributed by atoms with Crippen LogP contribution in [-0.2, 0) is 24.3 Å². The van der Waals surface area contributed by atoms with Crippen LogP contribution in [0.15, 0.2) is 54.9 Å². The first-order valence-corrected chi connectivity index (χ1v) is 10.9. The predicted molar refractivity (Wildman–Crippen MR) is 125 cm³/mol. The quantitative estimate of drug-likeness (QED) is 0.358. The summed E-state index contributed by atoms with van der Waals surface area (Å²) in [5.74, 6) is -1.48. The van der Waals surface area contributed by atoms with Crippen LogP contribution in [0.3, 0.4) is 0 Å². The number of nitrogens with one attached hydrogen (secondary N) is 3. The van der Waals surface area contributed by atoms with Crippen molar-refractivity contribution < 1.29 is 18.4 Å². The van der Waals surface area contributed by atoms with Crippen molar-refractivity contribution in [2.75, 3.05) is 0 Å². The molecule has 0 unspecified atom stereocenters. The van der Waals surface area contributed by atoms with Crippen LogP contribution in [0.4, 0.5) is 8.78 Å². The van der Waals surface area contributed by atoms with Crippen molar-refractivity contribution in [1.29, 1.82) is 0 Å². The Bertz CT molecular complexity index is 1390. The second-order valence-corrected chi connectivity index (χ2v) is 8.26. The van der Waals surface area contributed by atoms with E-state index in [1.165, 1.54) is 31.3 Å². The van der Waals surface area contributed by atoms with E-state index in [9.17, 15) is 18.4 Å². The number of amides is 2. The number of hydrogen-bond acceptors (Lipinski definition) is 3. The van der Waals surface area contributed by atoms with Gasteiger partial charge in [-0.2, -0.15) is 0 Å². The summed E-state index contributed by atoms with van der Waals surface area (Å²) in [6.45, 7) is 1.61. The van der Waals surface area contributed by atoms with Crippen molar-refractivity contribution in [3.63, 3.8) is 0 Å². The summed E-state index contributed by atoms with van der Waals surface area (Å²) in [4.78, 5) is 30.8. The Morgan fingerprint density at radius 2 is 1.79 bits per heavy atom. The molecule has 34 heavy (non-hydrogen) atoms. The number of H-pyrrole nitrogens is 1. The monoisotopic (exact) mass is 482 g/mol. The van der Waals surface area contributed by atoms with Gasteiger partial charge in [0.05, 0.1) is 5.02 Å². The molecule has 4 aromatic rings. The summed E-state index contributed by atoms with van der Waals surface area (Å²) in [6, 6.07) is 10.8. The van der Waals surface area contributed by atoms with Crippen LogP contribution in [0.2, 0.25) is 5.02 Å². The second kappa shape index (κ2) is 10.0. The lowest BCUT2D eigenvalue weighted by Crippen LogP contribution is -2.23. The van der Waals surface area contributed by atoms with Gasteiger partial charge >= 0.3 is 0 Å². The highest BCUT2D eigenvalue weighted by Gasteiger charge is 2.13. The average molecular weight is 483 g/mol. The van der Waals surface area contributed by atoms with Gasteiger partial charge in [0.25, 0.3) is 5.91 Å². The van der Waals surface area contributed by atoms with Gasteiger partial charge < -0.3 is 15.6 Å². The molecule has 9 heteroatoms. The predicted octanol–water partition coefficient (Wildman–Crippen LogP) is 4.65. The van der Waals surface area contributed by atoms with Crippen LogP contribution in [0, 0.1) is 11.6 Å². The van der Waals surface area contributed by atoms with Crippen LogP contribution in [-0.4, -0.2) is 21.8 Å². The van der Waals surface area contributed by atoms with Gasteiger partial charge in [-0.25, -0.2) is 8.78 Å². The first-order chi connectivity index (χ1) is 16.3. The standard InChI is InChI=1S/C25H21ClF2N4O2/c1-14(33)30-11-15-2-3-16(22(27)6-15)7-19-8-17(4-5-29-19)25(34)32-12-18-9-20-21(26)13-31-24(20)10-23(18)28/h2-6,8-10,13,31H,7,11-12H2,1H3,(H,30,33)(H,32,34). The Balaban J connectivity index is 1.43. The number of aromatic amines is 1. The number of carbonyl (C=O) groups is 2. The number of hydrogen-bond donors (Lipinski definition) is 3. The molecule has 2 amide bonds. The topological polar surface area (TPSA) is 86.9 Å². The average Bonchev–Trinajstić information content (AvgIpc) is 3.17. The van der Waals surface area contributed by atoms with E-state index in [4.69, 9.17) is 11.6 Å². The Kier molecular flexibility index (Phi) is 6.88. The Morgan fingerprint density at radius 1 is 1.00 bits per heavy atom. The molecule has 0 atom stereocenters. The summed E-state index contributed by atoms with van der Waals surface area (Å²) in [7, 11) is 0. The number of pyridine rings is 1. The fourth-order valence-electron chi connectivity index (χ4n) is 3.55. The zero-order valence-corrected chi connectivity index (χ0v) is 19.0. The molecule has 3 N–H and O–H groups in total. The Labute approximate surface area is 199 Å². The number of carbonyl (C=O) groups excluding carboxylic acids is 2. The van der Waals surface area contributed by atoms with Crippen molar-refractivity contribution in [3.8, 4) is 0 Å². The molecule has 174 valence electrons. The van der Waals surface area contributed by atoms with Gasteiger partial charge in [-0.15, -0.1) is 0 Å². The first kappa shape index (κ1) is 23.4. The Hall–Kier alpha value is -3.78. The summed E-state index contributed by atoms with van der Waals surface area (Å²) in [5.41, 5.74) is 2.77. The van der Waals surface area contributed by atoms with E-state index in [0.717, 1.165) is 0 Å². The number of fused-ring (bicyclic) bond motifs is 1. The van der Waals surface area contributed by atoms with Crippen molar-refractivity contribution in [1.82, 2.24) is 20.6 Å². The van der Waals surface area contributed by atoms with E-state index in [1.807, 2.05) is 0 Å². The fraction of sp³-hybridized carbons (Fsp3) is 0.160. The molecule has 0 saturated heterocycles. The first-order valence-electron chi connectivity index (χ1n) is 10.5. The van der Waals surface area contributed by atoms with Crippen molar-refractivity contribution in [2.24, 2.45) is 0 Å². The van der Waals surface area contributed by atoms with E-state index in [0.29, 0.717) is 43.9 Å². The van der Waals surface area contributed by atoms with Crippen LogP contribution >= 0.6 is 11.6 Å². The molecule has 0 saturated carbocycles. The van der Waals surface area contributed by atoms with Gasteiger partial charge in [-0.3, -0.25) is 14.6 Å². The molecule has 2 aromatic heterocycles. The molecule has 0 spiro atoms. The van der Waals surface area contributed by atoms with Crippen LogP contribution < -0.4 is 10.6 Å². The highest BCUT2D eigenvalue weighted by Crippen LogP contribution is 2.25. The lowest BCUT2D eigenvalue weighted by molar-refractivity contribution is -0.119. The minimum atomic E-state index is -0.459. The van der Waals surface area contributed by atoms with Gasteiger partial charge in [-0.05, 0) is 41.5 Å². The minimum Gasteiger partial charge on any atom is -0.360 e. The van der Waals surface area contributed by atoms with Crippen LogP contribution in [0.5, 0.6) is 0 Å².